The summed E-state index contributed by atoms with van der Waals surface area (Å²) in [4.78, 5) is 11.1. The van der Waals surface area contributed by atoms with Crippen LogP contribution >= 0.6 is 0 Å². The number of aliphatic hydroxyl groups is 1. The van der Waals surface area contributed by atoms with Gasteiger partial charge in [-0.2, -0.15) is 0 Å². The molecule has 1 aliphatic heterocycles. The van der Waals surface area contributed by atoms with Gasteiger partial charge in [-0.3, -0.25) is 0 Å². The van der Waals surface area contributed by atoms with E-state index in [9.17, 15) is 9.90 Å². The lowest BCUT2D eigenvalue weighted by Crippen LogP contribution is -2.37. The highest BCUT2D eigenvalue weighted by molar-refractivity contribution is 5.81. The summed E-state index contributed by atoms with van der Waals surface area (Å²) in [5, 5.41) is 19.1. The molecule has 0 amide bonds. The molecule has 1 aliphatic carbocycles. The number of rotatable bonds is 12. The van der Waals surface area contributed by atoms with Crippen molar-refractivity contribution in [3.8, 4) is 0 Å². The Bertz CT molecular complexity index is 465. The Balaban J connectivity index is 1.67. The number of ether oxygens (including phenoxy) is 1. The van der Waals surface area contributed by atoms with Gasteiger partial charge >= 0.3 is 5.97 Å². The van der Waals surface area contributed by atoms with Crippen LogP contribution in [0.5, 0.6) is 0 Å². The van der Waals surface area contributed by atoms with Crippen LogP contribution in [0.3, 0.4) is 0 Å². The van der Waals surface area contributed by atoms with Crippen molar-refractivity contribution >= 4 is 5.97 Å². The molecule has 1 unspecified atom stereocenters. The fraction of sp³-hybridized carbons (Fsp3) is 0.762. The largest absolute Gasteiger partial charge is 0.479 e. The minimum atomic E-state index is -1.35. The van der Waals surface area contributed by atoms with Crippen LogP contribution in [0.1, 0.15) is 71.1 Å². The Morgan fingerprint density at radius 2 is 2.04 bits per heavy atom. The van der Waals surface area contributed by atoms with Crippen LogP contribution in [-0.2, 0) is 9.53 Å². The van der Waals surface area contributed by atoms with Gasteiger partial charge < -0.3 is 14.9 Å². The number of epoxide rings is 1. The first-order valence-corrected chi connectivity index (χ1v) is 9.97. The zero-order chi connectivity index (χ0) is 18.1. The van der Waals surface area contributed by atoms with Crippen molar-refractivity contribution < 1.29 is 19.7 Å². The number of allylic oxidation sites excluding steroid dienone is 3. The van der Waals surface area contributed by atoms with E-state index in [-0.39, 0.29) is 6.61 Å². The number of aliphatic hydroxyl groups excluding tert-OH is 1. The van der Waals surface area contributed by atoms with Crippen molar-refractivity contribution in [1.29, 1.82) is 0 Å². The number of unbranched alkanes of at least 4 members (excludes halogenated alkanes) is 4. The lowest BCUT2D eigenvalue weighted by molar-refractivity contribution is -0.147. The molecular weight excluding hydrogens is 316 g/mol. The van der Waals surface area contributed by atoms with Gasteiger partial charge in [-0.05, 0) is 50.4 Å². The number of carboxylic acids is 1. The van der Waals surface area contributed by atoms with Crippen LogP contribution in [0.2, 0.25) is 0 Å². The molecule has 2 fully saturated rings. The van der Waals surface area contributed by atoms with E-state index in [1.54, 1.807) is 0 Å². The highest BCUT2D eigenvalue weighted by Crippen LogP contribution is 2.36. The van der Waals surface area contributed by atoms with E-state index < -0.39 is 17.7 Å². The second kappa shape index (κ2) is 10.1. The van der Waals surface area contributed by atoms with Crippen molar-refractivity contribution in [2.75, 3.05) is 6.61 Å². The van der Waals surface area contributed by atoms with Gasteiger partial charge in [0.1, 0.15) is 0 Å². The van der Waals surface area contributed by atoms with Gasteiger partial charge in [0.15, 0.2) is 0 Å². The lowest BCUT2D eigenvalue weighted by Gasteiger charge is -2.15. The molecule has 2 rings (SSSR count). The van der Waals surface area contributed by atoms with E-state index in [0.717, 1.165) is 6.42 Å². The standard InChI is InChI=1S/C21H34O4/c1-2-3-4-5-6-7-11-17-13-10-14-18(17)12-8-9-15-19(22)21(16-25-21)20(23)24/h7-9,11,17-19,22H,2-6,10,12-16H2,1H3,(H,23,24)/t17-,18-,19?,21-/m0/s1. The Labute approximate surface area is 152 Å². The van der Waals surface area contributed by atoms with E-state index in [2.05, 4.69) is 25.2 Å². The molecule has 142 valence electrons. The third-order valence-electron chi connectivity index (χ3n) is 5.65. The summed E-state index contributed by atoms with van der Waals surface area (Å²) in [5.41, 5.74) is -1.35. The fourth-order valence-corrected chi connectivity index (χ4v) is 3.79. The second-order valence-electron chi connectivity index (χ2n) is 7.57. The van der Waals surface area contributed by atoms with Crippen molar-refractivity contribution in [1.82, 2.24) is 0 Å². The maximum absolute atomic E-state index is 11.1. The van der Waals surface area contributed by atoms with Crippen LogP contribution in [0.15, 0.2) is 24.3 Å². The molecule has 0 aromatic rings. The topological polar surface area (TPSA) is 70.1 Å². The van der Waals surface area contributed by atoms with Gasteiger partial charge in [-0.1, -0.05) is 56.9 Å². The molecule has 2 aliphatic rings. The van der Waals surface area contributed by atoms with Gasteiger partial charge in [-0.25, -0.2) is 4.79 Å². The Morgan fingerprint density at radius 3 is 2.72 bits per heavy atom. The van der Waals surface area contributed by atoms with Gasteiger partial charge in [0, 0.05) is 0 Å². The number of carboxylic acid groups (broad SMARTS) is 1. The fourth-order valence-electron chi connectivity index (χ4n) is 3.79. The molecular formula is C21H34O4. The molecule has 0 bridgehead atoms. The summed E-state index contributed by atoms with van der Waals surface area (Å²) in [7, 11) is 0. The predicted octanol–water partition coefficient (Wildman–Crippen LogP) is 4.48. The van der Waals surface area contributed by atoms with Crippen LogP contribution < -0.4 is 0 Å². The van der Waals surface area contributed by atoms with Crippen LogP contribution in [-0.4, -0.2) is 34.5 Å². The molecule has 0 aromatic heterocycles. The minimum Gasteiger partial charge on any atom is -0.479 e. The molecule has 4 heteroatoms. The Hall–Kier alpha value is -1.13. The Morgan fingerprint density at radius 1 is 1.24 bits per heavy atom. The predicted molar refractivity (Wildman–Crippen MR) is 99.4 cm³/mol. The van der Waals surface area contributed by atoms with Crippen LogP contribution in [0.4, 0.5) is 0 Å². The van der Waals surface area contributed by atoms with Crippen molar-refractivity contribution in [2.24, 2.45) is 11.8 Å². The summed E-state index contributed by atoms with van der Waals surface area (Å²) in [6, 6.07) is 0. The summed E-state index contributed by atoms with van der Waals surface area (Å²) in [6.45, 7) is 2.36. The second-order valence-corrected chi connectivity index (χ2v) is 7.57. The zero-order valence-corrected chi connectivity index (χ0v) is 15.5. The molecule has 0 radical (unpaired) electrons. The molecule has 0 aromatic carbocycles. The summed E-state index contributed by atoms with van der Waals surface area (Å²) in [5.74, 6) is 0.303. The van der Waals surface area contributed by atoms with E-state index in [1.165, 1.54) is 51.4 Å². The van der Waals surface area contributed by atoms with E-state index in [0.29, 0.717) is 18.3 Å². The third-order valence-corrected chi connectivity index (χ3v) is 5.65. The van der Waals surface area contributed by atoms with E-state index >= 15 is 0 Å². The normalized spacial score (nSPS) is 30.3. The SMILES string of the molecule is CCCCCCC=C[C@H]1CCC[C@@H]1CC=CCC(O)[C@]1(C(=O)O)CO1. The number of carbonyl (C=O) groups is 1. The summed E-state index contributed by atoms with van der Waals surface area (Å²) >= 11 is 0. The number of hydrogen-bond acceptors (Lipinski definition) is 3. The number of aliphatic carboxylic acids is 1. The average molecular weight is 350 g/mol. The Kier molecular flexibility index (Phi) is 8.17. The van der Waals surface area contributed by atoms with Crippen LogP contribution in [0.25, 0.3) is 0 Å². The first-order chi connectivity index (χ1) is 12.1. The first kappa shape index (κ1) is 20.2. The molecule has 4 nitrogen and oxygen atoms in total. The lowest BCUT2D eigenvalue weighted by atomic mass is 9.91. The minimum absolute atomic E-state index is 0.116. The molecule has 25 heavy (non-hydrogen) atoms. The molecule has 1 heterocycles. The quantitative estimate of drug-likeness (QED) is 0.309. The maximum Gasteiger partial charge on any atom is 0.341 e. The zero-order valence-electron chi connectivity index (χ0n) is 15.5. The van der Waals surface area contributed by atoms with Gasteiger partial charge in [0.2, 0.25) is 5.60 Å². The van der Waals surface area contributed by atoms with Crippen molar-refractivity contribution in [2.45, 2.75) is 82.8 Å². The monoisotopic (exact) mass is 350 g/mol. The van der Waals surface area contributed by atoms with E-state index in [4.69, 9.17) is 9.84 Å². The molecule has 2 N–H and O–H groups in total. The molecule has 0 spiro atoms. The molecule has 1 saturated heterocycles. The first-order valence-electron chi connectivity index (χ1n) is 9.97. The van der Waals surface area contributed by atoms with E-state index in [1.807, 2.05) is 6.08 Å². The molecule has 1 saturated carbocycles. The average Bonchev–Trinajstić information content (AvgIpc) is 3.30. The van der Waals surface area contributed by atoms with Crippen LogP contribution in [0, 0.1) is 11.8 Å². The smallest absolute Gasteiger partial charge is 0.341 e. The summed E-state index contributed by atoms with van der Waals surface area (Å²) in [6.07, 6.45) is 19.5. The highest BCUT2D eigenvalue weighted by atomic mass is 16.6. The maximum atomic E-state index is 11.1. The van der Waals surface area contributed by atoms with Gasteiger partial charge in [-0.15, -0.1) is 0 Å². The van der Waals surface area contributed by atoms with Crippen molar-refractivity contribution in [3.63, 3.8) is 0 Å². The van der Waals surface area contributed by atoms with Gasteiger partial charge in [0.25, 0.3) is 0 Å². The summed E-state index contributed by atoms with van der Waals surface area (Å²) < 4.78 is 4.95. The molecule has 4 atom stereocenters. The van der Waals surface area contributed by atoms with Gasteiger partial charge in [0.05, 0.1) is 12.7 Å². The highest BCUT2D eigenvalue weighted by Gasteiger charge is 2.58. The number of hydrogen-bond donors (Lipinski definition) is 2. The van der Waals surface area contributed by atoms with Crippen molar-refractivity contribution in [3.05, 3.63) is 24.3 Å². The third kappa shape index (κ3) is 5.96.